The summed E-state index contributed by atoms with van der Waals surface area (Å²) in [5, 5.41) is 2.86. The molecule has 0 aliphatic heterocycles. The molecule has 0 bridgehead atoms. The van der Waals surface area contributed by atoms with Gasteiger partial charge in [-0.3, -0.25) is 23.9 Å². The smallest absolute Gasteiger partial charge is 0.329 e. The van der Waals surface area contributed by atoms with Crippen molar-refractivity contribution in [3.8, 4) is 0 Å². The number of primary amides is 1. The fourth-order valence-electron chi connectivity index (χ4n) is 2.83. The molecule has 1 aromatic carbocycles. The Hall–Kier alpha value is -3.75. The number of nitrogens with one attached hydrogen (secondary N) is 2. The Balaban J connectivity index is 1.89. The predicted molar refractivity (Wildman–Crippen MR) is 104 cm³/mol. The second-order valence-electron chi connectivity index (χ2n) is 6.30. The molecule has 9 nitrogen and oxygen atoms in total. The monoisotopic (exact) mass is 381 g/mol. The number of amides is 2. The van der Waals surface area contributed by atoms with Gasteiger partial charge in [-0.2, -0.15) is 0 Å². The molecule has 144 valence electrons. The van der Waals surface area contributed by atoms with Gasteiger partial charge in [0.15, 0.2) is 0 Å². The van der Waals surface area contributed by atoms with E-state index in [9.17, 15) is 19.2 Å². The zero-order chi connectivity index (χ0) is 20.3. The van der Waals surface area contributed by atoms with Gasteiger partial charge in [-0.1, -0.05) is 19.1 Å². The van der Waals surface area contributed by atoms with Gasteiger partial charge in [0, 0.05) is 18.4 Å². The minimum atomic E-state index is -0.592. The van der Waals surface area contributed by atoms with E-state index in [0.29, 0.717) is 18.7 Å². The summed E-state index contributed by atoms with van der Waals surface area (Å²) in [6.07, 6.45) is 2.13. The number of nitrogens with two attached hydrogens (primary N) is 1. The number of aryl methyl sites for hydroxylation is 1. The Morgan fingerprint density at radius 3 is 2.57 bits per heavy atom. The number of pyridine rings is 1. The highest BCUT2D eigenvalue weighted by Crippen LogP contribution is 2.13. The van der Waals surface area contributed by atoms with E-state index >= 15 is 0 Å². The number of hydrogen-bond donors (Lipinski definition) is 3. The lowest BCUT2D eigenvalue weighted by atomic mass is 10.1. The first-order chi connectivity index (χ1) is 13.4. The van der Waals surface area contributed by atoms with Crippen LogP contribution in [0.1, 0.15) is 29.3 Å². The number of carbonyl (C=O) groups is 2. The molecule has 28 heavy (non-hydrogen) atoms. The van der Waals surface area contributed by atoms with E-state index in [1.807, 2.05) is 6.92 Å². The molecule has 3 rings (SSSR count). The molecule has 0 radical (unpaired) electrons. The molecule has 3 aromatic rings. The van der Waals surface area contributed by atoms with Gasteiger partial charge in [-0.05, 0) is 30.2 Å². The van der Waals surface area contributed by atoms with Crippen molar-refractivity contribution in [1.82, 2.24) is 14.5 Å². The molecule has 0 fully saturated rings. The lowest BCUT2D eigenvalue weighted by Gasteiger charge is -2.09. The molecular weight excluding hydrogens is 362 g/mol. The second-order valence-corrected chi connectivity index (χ2v) is 6.30. The van der Waals surface area contributed by atoms with Crippen molar-refractivity contribution in [3.63, 3.8) is 0 Å². The van der Waals surface area contributed by atoms with E-state index in [4.69, 9.17) is 5.73 Å². The summed E-state index contributed by atoms with van der Waals surface area (Å²) in [6.45, 7) is 2.31. The van der Waals surface area contributed by atoms with Crippen molar-refractivity contribution in [2.45, 2.75) is 26.3 Å². The topological polar surface area (TPSA) is 140 Å². The van der Waals surface area contributed by atoms with Crippen LogP contribution in [0.4, 0.5) is 5.69 Å². The molecule has 4 N–H and O–H groups in total. The van der Waals surface area contributed by atoms with Gasteiger partial charge in [-0.25, -0.2) is 9.78 Å². The van der Waals surface area contributed by atoms with Gasteiger partial charge in [-0.15, -0.1) is 0 Å². The van der Waals surface area contributed by atoms with Crippen LogP contribution in [0, 0.1) is 0 Å². The molecule has 0 aliphatic carbocycles. The van der Waals surface area contributed by atoms with Gasteiger partial charge >= 0.3 is 5.69 Å². The van der Waals surface area contributed by atoms with Crippen molar-refractivity contribution in [2.75, 3.05) is 5.32 Å². The van der Waals surface area contributed by atoms with Crippen LogP contribution >= 0.6 is 0 Å². The summed E-state index contributed by atoms with van der Waals surface area (Å²) >= 11 is 0. The summed E-state index contributed by atoms with van der Waals surface area (Å²) in [6, 6.07) is 8.08. The maximum absolute atomic E-state index is 12.5. The first-order valence-electron chi connectivity index (χ1n) is 8.70. The zero-order valence-electron chi connectivity index (χ0n) is 15.2. The number of H-pyrrole nitrogens is 1. The normalized spacial score (nSPS) is 10.8. The quantitative estimate of drug-likeness (QED) is 0.579. The van der Waals surface area contributed by atoms with Crippen molar-refractivity contribution in [3.05, 3.63) is 68.5 Å². The third-order valence-electron chi connectivity index (χ3n) is 4.13. The highest BCUT2D eigenvalue weighted by atomic mass is 16.2. The number of benzene rings is 1. The Morgan fingerprint density at radius 1 is 1.21 bits per heavy atom. The Bertz CT molecular complexity index is 1160. The van der Waals surface area contributed by atoms with Crippen LogP contribution in [0.15, 0.2) is 46.1 Å². The number of nitrogens with zero attached hydrogens (tertiary/aromatic N) is 2. The van der Waals surface area contributed by atoms with Crippen LogP contribution in [0.5, 0.6) is 0 Å². The fourth-order valence-corrected chi connectivity index (χ4v) is 2.83. The molecule has 2 aromatic heterocycles. The van der Waals surface area contributed by atoms with Crippen molar-refractivity contribution < 1.29 is 9.59 Å². The van der Waals surface area contributed by atoms with E-state index in [1.165, 1.54) is 16.8 Å². The Morgan fingerprint density at radius 2 is 1.93 bits per heavy atom. The van der Waals surface area contributed by atoms with Crippen molar-refractivity contribution >= 4 is 28.5 Å². The summed E-state index contributed by atoms with van der Waals surface area (Å²) in [5.41, 5.74) is 5.70. The number of fused-ring (bicyclic) bond motifs is 1. The number of aromatic amines is 1. The highest BCUT2D eigenvalue weighted by molar-refractivity contribution is 6.05. The number of anilines is 1. The lowest BCUT2D eigenvalue weighted by Crippen LogP contribution is -2.31. The molecule has 0 atom stereocenters. The van der Waals surface area contributed by atoms with Crippen LogP contribution in [0.2, 0.25) is 0 Å². The number of aromatic nitrogens is 3. The van der Waals surface area contributed by atoms with Gasteiger partial charge in [0.25, 0.3) is 11.5 Å². The third kappa shape index (κ3) is 3.98. The average Bonchev–Trinajstić information content (AvgIpc) is 2.66. The first-order valence-corrected chi connectivity index (χ1v) is 8.70. The SMILES string of the molecule is CCCn1c(=O)[nH]c(=O)c2cc(C(=O)Nc3ccc(CC(N)=O)cc3)cnc21. The fraction of sp³-hybridized carbons (Fsp3) is 0.211. The number of carbonyl (C=O) groups excluding carboxylic acids is 2. The maximum atomic E-state index is 12.5. The minimum Gasteiger partial charge on any atom is -0.369 e. The van der Waals surface area contributed by atoms with Gasteiger partial charge in [0.05, 0.1) is 17.4 Å². The molecule has 9 heteroatoms. The van der Waals surface area contributed by atoms with E-state index in [1.54, 1.807) is 24.3 Å². The van der Waals surface area contributed by atoms with Crippen LogP contribution in [0.25, 0.3) is 11.0 Å². The zero-order valence-corrected chi connectivity index (χ0v) is 15.2. The summed E-state index contributed by atoms with van der Waals surface area (Å²) < 4.78 is 1.37. The standard InChI is InChI=1S/C19H19N5O4/c1-2-7-24-16-14(18(27)23-19(24)28)9-12(10-21-16)17(26)22-13-5-3-11(4-6-13)8-15(20)25/h3-6,9-10H,2,7-8H2,1H3,(H2,20,25)(H,22,26)(H,23,27,28). The van der Waals surface area contributed by atoms with Crippen LogP contribution in [0.3, 0.4) is 0 Å². The highest BCUT2D eigenvalue weighted by Gasteiger charge is 2.13. The molecular formula is C19H19N5O4. The minimum absolute atomic E-state index is 0.116. The lowest BCUT2D eigenvalue weighted by molar-refractivity contribution is -0.117. The van der Waals surface area contributed by atoms with Gasteiger partial charge in [0.2, 0.25) is 5.91 Å². The Labute approximate surface area is 159 Å². The average molecular weight is 381 g/mol. The second kappa shape index (κ2) is 7.87. The van der Waals surface area contributed by atoms with Gasteiger partial charge in [0.1, 0.15) is 5.65 Å². The molecule has 0 aliphatic rings. The number of hydrogen-bond acceptors (Lipinski definition) is 5. The van der Waals surface area contributed by atoms with E-state index in [-0.39, 0.29) is 23.0 Å². The van der Waals surface area contributed by atoms with E-state index < -0.39 is 23.1 Å². The Kier molecular flexibility index (Phi) is 5.35. The van der Waals surface area contributed by atoms with E-state index in [2.05, 4.69) is 15.3 Å². The molecule has 0 saturated carbocycles. The van der Waals surface area contributed by atoms with Crippen LogP contribution in [-0.4, -0.2) is 26.3 Å². The molecule has 0 spiro atoms. The summed E-state index contributed by atoms with van der Waals surface area (Å²) in [4.78, 5) is 53.9. The van der Waals surface area contributed by atoms with Crippen LogP contribution < -0.4 is 22.3 Å². The summed E-state index contributed by atoms with van der Waals surface area (Å²) in [5.74, 6) is -0.893. The van der Waals surface area contributed by atoms with Gasteiger partial charge < -0.3 is 11.1 Å². The molecule has 2 amide bonds. The first kappa shape index (κ1) is 19.0. The van der Waals surface area contributed by atoms with E-state index in [0.717, 1.165) is 5.56 Å². The molecule has 0 saturated heterocycles. The molecule has 0 unspecified atom stereocenters. The predicted octanol–water partition coefficient (Wildman–Crippen LogP) is 0.775. The largest absolute Gasteiger partial charge is 0.369 e. The van der Waals surface area contributed by atoms with Crippen LogP contribution in [-0.2, 0) is 17.8 Å². The third-order valence-corrected chi connectivity index (χ3v) is 4.13. The number of rotatable bonds is 6. The summed E-state index contributed by atoms with van der Waals surface area (Å²) in [7, 11) is 0. The molecule has 2 heterocycles. The van der Waals surface area contributed by atoms with Crippen molar-refractivity contribution in [1.29, 1.82) is 0 Å². The van der Waals surface area contributed by atoms with Crippen molar-refractivity contribution in [2.24, 2.45) is 5.73 Å². The maximum Gasteiger partial charge on any atom is 0.329 e.